The Kier molecular flexibility index (Phi) is 5.40. The number of aliphatic hydroxyl groups excluding tert-OH is 2. The molecular formula is C12H16ClNO4. The van der Waals surface area contributed by atoms with Gasteiger partial charge >= 0.3 is 0 Å². The second kappa shape index (κ2) is 6.58. The van der Waals surface area contributed by atoms with Crippen molar-refractivity contribution in [1.29, 1.82) is 0 Å². The molecule has 0 saturated heterocycles. The number of benzene rings is 1. The smallest absolute Gasteiger partial charge is 0.216 e. The van der Waals surface area contributed by atoms with E-state index in [2.05, 4.69) is 5.32 Å². The summed E-state index contributed by atoms with van der Waals surface area (Å²) in [4.78, 5) is 10.7. The highest BCUT2D eigenvalue weighted by Gasteiger charge is 2.19. The zero-order chi connectivity index (χ0) is 13.7. The van der Waals surface area contributed by atoms with Gasteiger partial charge in [-0.2, -0.15) is 0 Å². The largest absolute Gasteiger partial charge is 0.495 e. The van der Waals surface area contributed by atoms with Gasteiger partial charge in [0.1, 0.15) is 18.0 Å². The number of aliphatic hydroxyl groups is 2. The third-order valence-electron chi connectivity index (χ3n) is 2.44. The third-order valence-corrected chi connectivity index (χ3v) is 2.75. The second-order valence-corrected chi connectivity index (χ2v) is 4.25. The number of rotatable bonds is 5. The van der Waals surface area contributed by atoms with Crippen molar-refractivity contribution in [3.63, 3.8) is 0 Å². The van der Waals surface area contributed by atoms with E-state index in [4.69, 9.17) is 16.3 Å². The van der Waals surface area contributed by atoms with Crippen LogP contribution < -0.4 is 10.1 Å². The lowest BCUT2D eigenvalue weighted by molar-refractivity contribution is -0.119. The molecule has 0 saturated carbocycles. The van der Waals surface area contributed by atoms with Gasteiger partial charge in [-0.15, -0.1) is 0 Å². The summed E-state index contributed by atoms with van der Waals surface area (Å²) in [5, 5.41) is 22.5. The number of carbonyl (C=O) groups excluding carboxylic acids is 1. The summed E-state index contributed by atoms with van der Waals surface area (Å²) in [6, 6.07) is 4.71. The molecule has 0 bridgehead atoms. The summed E-state index contributed by atoms with van der Waals surface area (Å²) < 4.78 is 5.02. The Hall–Kier alpha value is -1.30. The monoisotopic (exact) mass is 273 g/mol. The Bertz CT molecular complexity index is 425. The Morgan fingerprint density at radius 1 is 1.50 bits per heavy atom. The Balaban J connectivity index is 2.76. The Morgan fingerprint density at radius 3 is 2.72 bits per heavy atom. The average molecular weight is 274 g/mol. The highest BCUT2D eigenvalue weighted by atomic mass is 35.5. The average Bonchev–Trinajstić information content (AvgIpc) is 2.35. The van der Waals surface area contributed by atoms with Crippen molar-refractivity contribution in [2.24, 2.45) is 0 Å². The van der Waals surface area contributed by atoms with Crippen molar-refractivity contribution in [2.45, 2.75) is 19.1 Å². The zero-order valence-corrected chi connectivity index (χ0v) is 10.9. The Morgan fingerprint density at radius 2 is 2.17 bits per heavy atom. The van der Waals surface area contributed by atoms with Crippen LogP contribution in [0.25, 0.3) is 0 Å². The fourth-order valence-corrected chi connectivity index (χ4v) is 1.64. The summed E-state index contributed by atoms with van der Waals surface area (Å²) >= 11 is 5.86. The molecule has 18 heavy (non-hydrogen) atoms. The number of nitrogens with one attached hydrogen (secondary N) is 1. The van der Waals surface area contributed by atoms with E-state index in [9.17, 15) is 15.0 Å². The number of halogens is 1. The zero-order valence-electron chi connectivity index (χ0n) is 10.2. The van der Waals surface area contributed by atoms with Crippen LogP contribution in [-0.2, 0) is 4.79 Å². The van der Waals surface area contributed by atoms with Gasteiger partial charge in [-0.3, -0.25) is 4.79 Å². The minimum absolute atomic E-state index is 0.0263. The standard InChI is InChI=1S/C12H16ClNO4/c1-7(15)14-6-10(16)12(17)8-3-4-9(13)11(5-8)18-2/h3-5,10,12,16-17H,6H2,1-2H3,(H,14,15). The normalized spacial score (nSPS) is 13.8. The van der Waals surface area contributed by atoms with Crippen molar-refractivity contribution in [3.8, 4) is 5.75 Å². The van der Waals surface area contributed by atoms with Crippen molar-refractivity contribution < 1.29 is 19.7 Å². The van der Waals surface area contributed by atoms with Crippen LogP contribution >= 0.6 is 11.6 Å². The number of ether oxygens (including phenoxy) is 1. The van der Waals surface area contributed by atoms with Crippen molar-refractivity contribution >= 4 is 17.5 Å². The van der Waals surface area contributed by atoms with Gasteiger partial charge in [0.2, 0.25) is 5.91 Å². The molecule has 100 valence electrons. The predicted octanol–water partition coefficient (Wildman–Crippen LogP) is 0.879. The highest BCUT2D eigenvalue weighted by Crippen LogP contribution is 2.28. The molecule has 0 heterocycles. The first kappa shape index (κ1) is 14.8. The maximum absolute atomic E-state index is 10.7. The first-order valence-electron chi connectivity index (χ1n) is 5.39. The first-order chi connectivity index (χ1) is 8.45. The van der Waals surface area contributed by atoms with E-state index in [1.54, 1.807) is 18.2 Å². The summed E-state index contributed by atoms with van der Waals surface area (Å²) in [6.07, 6.45) is -2.22. The molecule has 1 amide bonds. The SMILES string of the molecule is COc1cc(C(O)C(O)CNC(C)=O)ccc1Cl. The molecule has 0 aliphatic rings. The lowest BCUT2D eigenvalue weighted by atomic mass is 10.0. The summed E-state index contributed by atoms with van der Waals surface area (Å²) in [5.41, 5.74) is 0.467. The quantitative estimate of drug-likeness (QED) is 0.744. The van der Waals surface area contributed by atoms with Gasteiger partial charge < -0.3 is 20.3 Å². The van der Waals surface area contributed by atoms with Crippen LogP contribution in [-0.4, -0.2) is 35.9 Å². The van der Waals surface area contributed by atoms with E-state index in [-0.39, 0.29) is 12.5 Å². The van der Waals surface area contributed by atoms with Crippen molar-refractivity contribution in [2.75, 3.05) is 13.7 Å². The molecule has 0 fully saturated rings. The van der Waals surface area contributed by atoms with Gasteiger partial charge in [-0.1, -0.05) is 17.7 Å². The van der Waals surface area contributed by atoms with E-state index in [1.807, 2.05) is 0 Å². The van der Waals surface area contributed by atoms with Gasteiger partial charge in [0.15, 0.2) is 0 Å². The molecule has 0 aliphatic heterocycles. The summed E-state index contributed by atoms with van der Waals surface area (Å²) in [6.45, 7) is 1.31. The predicted molar refractivity (Wildman–Crippen MR) is 67.7 cm³/mol. The van der Waals surface area contributed by atoms with Crippen molar-refractivity contribution in [3.05, 3.63) is 28.8 Å². The van der Waals surface area contributed by atoms with Gasteiger partial charge in [-0.05, 0) is 17.7 Å². The third kappa shape index (κ3) is 3.87. The minimum Gasteiger partial charge on any atom is -0.495 e. The fourth-order valence-electron chi connectivity index (χ4n) is 1.44. The highest BCUT2D eigenvalue weighted by molar-refractivity contribution is 6.32. The summed E-state index contributed by atoms with van der Waals surface area (Å²) in [7, 11) is 1.46. The van der Waals surface area contributed by atoms with Gasteiger partial charge in [-0.25, -0.2) is 0 Å². The molecular weight excluding hydrogens is 258 g/mol. The second-order valence-electron chi connectivity index (χ2n) is 3.84. The lowest BCUT2D eigenvalue weighted by Gasteiger charge is -2.19. The van der Waals surface area contributed by atoms with Crippen LogP contribution in [0.3, 0.4) is 0 Å². The molecule has 1 aromatic carbocycles. The number of methoxy groups -OCH3 is 1. The summed E-state index contributed by atoms with van der Waals surface area (Å²) in [5.74, 6) is 0.148. The van der Waals surface area contributed by atoms with Crippen LogP contribution in [0.4, 0.5) is 0 Å². The lowest BCUT2D eigenvalue weighted by Crippen LogP contribution is -2.34. The molecule has 1 rings (SSSR count). The van der Waals surface area contributed by atoms with E-state index in [1.165, 1.54) is 14.0 Å². The van der Waals surface area contributed by atoms with Crippen LogP contribution in [0.1, 0.15) is 18.6 Å². The molecule has 0 spiro atoms. The first-order valence-corrected chi connectivity index (χ1v) is 5.77. The minimum atomic E-state index is -1.12. The Labute approximate surface area is 110 Å². The fraction of sp³-hybridized carbons (Fsp3) is 0.417. The molecule has 0 radical (unpaired) electrons. The molecule has 3 N–H and O–H groups in total. The molecule has 2 atom stereocenters. The maximum Gasteiger partial charge on any atom is 0.216 e. The van der Waals surface area contributed by atoms with E-state index in [0.29, 0.717) is 16.3 Å². The van der Waals surface area contributed by atoms with Crippen LogP contribution in [0.15, 0.2) is 18.2 Å². The van der Waals surface area contributed by atoms with Crippen molar-refractivity contribution in [1.82, 2.24) is 5.32 Å². The van der Waals surface area contributed by atoms with Gasteiger partial charge in [0.05, 0.1) is 12.1 Å². The molecule has 6 heteroatoms. The number of carbonyl (C=O) groups is 1. The number of amides is 1. The van der Waals surface area contributed by atoms with E-state index < -0.39 is 12.2 Å². The van der Waals surface area contributed by atoms with Crippen LogP contribution in [0.2, 0.25) is 5.02 Å². The topological polar surface area (TPSA) is 78.8 Å². The van der Waals surface area contributed by atoms with Crippen LogP contribution in [0.5, 0.6) is 5.75 Å². The molecule has 1 aromatic rings. The van der Waals surface area contributed by atoms with Gasteiger partial charge in [0, 0.05) is 13.5 Å². The van der Waals surface area contributed by atoms with Gasteiger partial charge in [0.25, 0.3) is 0 Å². The van der Waals surface area contributed by atoms with E-state index >= 15 is 0 Å². The molecule has 0 aliphatic carbocycles. The van der Waals surface area contributed by atoms with Crippen LogP contribution in [0, 0.1) is 0 Å². The number of hydrogen-bond donors (Lipinski definition) is 3. The molecule has 0 aromatic heterocycles. The number of hydrogen-bond acceptors (Lipinski definition) is 4. The molecule has 2 unspecified atom stereocenters. The van der Waals surface area contributed by atoms with E-state index in [0.717, 1.165) is 0 Å². The maximum atomic E-state index is 10.7. The molecule has 5 nitrogen and oxygen atoms in total.